The molecule has 0 bridgehead atoms. The van der Waals surface area contributed by atoms with Gasteiger partial charge in [-0.2, -0.15) is 12.6 Å². The molecule has 29 heavy (non-hydrogen) atoms. The molecular formula is C21H21NO6S. The lowest BCUT2D eigenvalue weighted by Crippen LogP contribution is -2.46. The number of carbonyl (C=O) groups excluding carboxylic acids is 2. The highest BCUT2D eigenvalue weighted by atomic mass is 32.1. The Balaban J connectivity index is 1.81. The highest BCUT2D eigenvalue weighted by Crippen LogP contribution is 2.23. The van der Waals surface area contributed by atoms with Crippen LogP contribution in [0.4, 0.5) is 4.79 Å². The van der Waals surface area contributed by atoms with Gasteiger partial charge in [0, 0.05) is 11.8 Å². The first-order valence-electron chi connectivity index (χ1n) is 8.95. The summed E-state index contributed by atoms with van der Waals surface area (Å²) in [6.45, 7) is 5.15. The topological polar surface area (TPSA) is 94.8 Å². The van der Waals surface area contributed by atoms with Crippen LogP contribution >= 0.6 is 12.6 Å². The zero-order chi connectivity index (χ0) is 21.2. The molecular weight excluding hydrogens is 394 g/mol. The molecule has 1 N–H and O–H groups in total. The predicted molar refractivity (Wildman–Crippen MR) is 113 cm³/mol. The minimum Gasteiger partial charge on any atom is -0.456 e. The molecule has 8 heteroatoms. The highest BCUT2D eigenvalue weighted by Gasteiger charge is 2.25. The van der Waals surface area contributed by atoms with Crippen LogP contribution < -0.4 is 15.5 Å². The molecule has 0 saturated heterocycles. The van der Waals surface area contributed by atoms with Gasteiger partial charge in [-0.1, -0.05) is 12.1 Å². The van der Waals surface area contributed by atoms with Crippen LogP contribution in [0.15, 0.2) is 51.7 Å². The monoisotopic (exact) mass is 415 g/mol. The van der Waals surface area contributed by atoms with Crippen molar-refractivity contribution in [3.05, 3.63) is 52.7 Å². The lowest BCUT2D eigenvalue weighted by atomic mass is 10.1. The van der Waals surface area contributed by atoms with Gasteiger partial charge in [-0.15, -0.1) is 0 Å². The molecule has 0 aliphatic carbocycles. The third kappa shape index (κ3) is 4.89. The summed E-state index contributed by atoms with van der Waals surface area (Å²) in [4.78, 5) is 36.9. The number of benzene rings is 2. The largest absolute Gasteiger partial charge is 0.456 e. The number of ether oxygens (including phenoxy) is 2. The van der Waals surface area contributed by atoms with E-state index in [2.05, 4.69) is 17.9 Å². The number of alkyl carbamates (subject to hydrolysis) is 1. The van der Waals surface area contributed by atoms with E-state index in [4.69, 9.17) is 13.9 Å². The van der Waals surface area contributed by atoms with Crippen molar-refractivity contribution in [3.8, 4) is 5.75 Å². The van der Waals surface area contributed by atoms with Crippen molar-refractivity contribution < 1.29 is 23.5 Å². The van der Waals surface area contributed by atoms with Crippen LogP contribution in [0.5, 0.6) is 5.75 Å². The third-order valence-corrected chi connectivity index (χ3v) is 4.29. The molecule has 0 aliphatic rings. The number of hydrogen-bond acceptors (Lipinski definition) is 7. The van der Waals surface area contributed by atoms with E-state index in [0.717, 1.165) is 0 Å². The summed E-state index contributed by atoms with van der Waals surface area (Å²) in [6, 6.07) is 10.4. The van der Waals surface area contributed by atoms with Crippen LogP contribution in [-0.2, 0) is 9.53 Å². The average Bonchev–Trinajstić information content (AvgIpc) is 2.64. The van der Waals surface area contributed by atoms with E-state index in [-0.39, 0.29) is 16.9 Å². The molecule has 152 valence electrons. The number of nitrogens with one attached hydrogen (secondary N) is 1. The number of thiol groups is 1. The number of hydrogen-bond donors (Lipinski definition) is 2. The Morgan fingerprint density at radius 2 is 1.79 bits per heavy atom. The predicted octanol–water partition coefficient (Wildman–Crippen LogP) is 3.67. The maximum absolute atomic E-state index is 12.6. The molecule has 1 amide bonds. The Bertz CT molecular complexity index is 1130. The van der Waals surface area contributed by atoms with E-state index in [1.165, 1.54) is 18.2 Å². The summed E-state index contributed by atoms with van der Waals surface area (Å²) >= 11 is 4.09. The Labute approximate surface area is 172 Å². The first kappa shape index (κ1) is 20.7. The fourth-order valence-electron chi connectivity index (χ4n) is 2.66. The maximum Gasteiger partial charge on any atom is 0.408 e. The second-order valence-electron chi connectivity index (χ2n) is 7.39. The van der Waals surface area contributed by atoms with Gasteiger partial charge < -0.3 is 19.2 Å². The first-order chi connectivity index (χ1) is 13.7. The zero-order valence-corrected chi connectivity index (χ0v) is 17.1. The molecule has 0 fully saturated rings. The SMILES string of the molecule is CC(C)(C)OC(=O)N[C@@H](CS)C(=O)Oc1ccc2c(=O)c3ccccc3oc2c1. The summed E-state index contributed by atoms with van der Waals surface area (Å²) in [5.41, 5.74) is -0.136. The molecule has 3 rings (SSSR count). The Morgan fingerprint density at radius 1 is 1.10 bits per heavy atom. The average molecular weight is 415 g/mol. The van der Waals surface area contributed by atoms with Gasteiger partial charge in [0.1, 0.15) is 28.6 Å². The van der Waals surface area contributed by atoms with Crippen molar-refractivity contribution >= 4 is 46.6 Å². The van der Waals surface area contributed by atoms with E-state index in [9.17, 15) is 14.4 Å². The highest BCUT2D eigenvalue weighted by molar-refractivity contribution is 7.80. The molecule has 0 saturated carbocycles. The normalized spacial score (nSPS) is 12.6. The zero-order valence-electron chi connectivity index (χ0n) is 16.2. The number of carbonyl (C=O) groups is 2. The van der Waals surface area contributed by atoms with Gasteiger partial charge in [0.15, 0.2) is 0 Å². The van der Waals surface area contributed by atoms with Gasteiger partial charge in [0.05, 0.1) is 10.8 Å². The number of fused-ring (bicyclic) bond motifs is 2. The summed E-state index contributed by atoms with van der Waals surface area (Å²) in [5.74, 6) is -0.516. The van der Waals surface area contributed by atoms with Gasteiger partial charge in [0.2, 0.25) is 5.43 Å². The van der Waals surface area contributed by atoms with Crippen LogP contribution in [-0.4, -0.2) is 29.5 Å². The van der Waals surface area contributed by atoms with E-state index in [1.807, 2.05) is 0 Å². The van der Waals surface area contributed by atoms with E-state index < -0.39 is 23.7 Å². The molecule has 3 aromatic rings. The summed E-state index contributed by atoms with van der Waals surface area (Å²) in [7, 11) is 0. The molecule has 0 spiro atoms. The van der Waals surface area contributed by atoms with Gasteiger partial charge >= 0.3 is 12.1 Å². The second kappa shape index (κ2) is 8.16. The van der Waals surface area contributed by atoms with E-state index in [1.54, 1.807) is 45.0 Å². The number of para-hydroxylation sites is 1. The van der Waals surface area contributed by atoms with Crippen molar-refractivity contribution in [1.82, 2.24) is 5.32 Å². The van der Waals surface area contributed by atoms with Crippen molar-refractivity contribution in [1.29, 1.82) is 0 Å². The standard InChI is InChI=1S/C21H21NO6S/c1-21(2,3)28-20(25)22-15(11-29)19(24)26-12-8-9-14-17(10-12)27-16-7-5-4-6-13(16)18(14)23/h4-10,15,29H,11H2,1-3H3,(H,22,25)/t15-/m0/s1. The Morgan fingerprint density at radius 3 is 2.48 bits per heavy atom. The molecule has 1 atom stereocenters. The summed E-state index contributed by atoms with van der Waals surface area (Å²) in [5, 5.41) is 3.28. The fourth-order valence-corrected chi connectivity index (χ4v) is 2.90. The molecule has 1 heterocycles. The molecule has 0 radical (unpaired) electrons. The maximum atomic E-state index is 12.6. The molecule has 2 aromatic carbocycles. The van der Waals surface area contributed by atoms with Crippen molar-refractivity contribution in [2.24, 2.45) is 0 Å². The summed E-state index contributed by atoms with van der Waals surface area (Å²) in [6.07, 6.45) is -0.746. The van der Waals surface area contributed by atoms with Crippen LogP contribution in [0.25, 0.3) is 21.9 Å². The first-order valence-corrected chi connectivity index (χ1v) is 9.59. The van der Waals surface area contributed by atoms with E-state index in [0.29, 0.717) is 21.9 Å². The fraction of sp³-hybridized carbons (Fsp3) is 0.286. The minimum atomic E-state index is -1.01. The number of amides is 1. The van der Waals surface area contributed by atoms with Crippen molar-refractivity contribution in [2.45, 2.75) is 32.4 Å². The smallest absolute Gasteiger partial charge is 0.408 e. The van der Waals surface area contributed by atoms with E-state index >= 15 is 0 Å². The van der Waals surface area contributed by atoms with Gasteiger partial charge in [-0.3, -0.25) is 4.79 Å². The van der Waals surface area contributed by atoms with Crippen LogP contribution in [0.2, 0.25) is 0 Å². The molecule has 0 unspecified atom stereocenters. The Kier molecular flexibility index (Phi) is 5.83. The van der Waals surface area contributed by atoms with Gasteiger partial charge in [-0.05, 0) is 45.0 Å². The molecule has 7 nitrogen and oxygen atoms in total. The lowest BCUT2D eigenvalue weighted by molar-refractivity contribution is -0.136. The van der Waals surface area contributed by atoms with Crippen LogP contribution in [0.3, 0.4) is 0 Å². The molecule has 1 aromatic heterocycles. The van der Waals surface area contributed by atoms with Crippen molar-refractivity contribution in [2.75, 3.05) is 5.75 Å². The second-order valence-corrected chi connectivity index (χ2v) is 7.75. The lowest BCUT2D eigenvalue weighted by Gasteiger charge is -2.22. The quantitative estimate of drug-likeness (QED) is 0.292. The van der Waals surface area contributed by atoms with Crippen LogP contribution in [0.1, 0.15) is 20.8 Å². The minimum absolute atomic E-state index is 0.0192. The summed E-state index contributed by atoms with van der Waals surface area (Å²) < 4.78 is 16.2. The Hall–Kier alpha value is -3.00. The number of rotatable bonds is 4. The van der Waals surface area contributed by atoms with Gasteiger partial charge in [-0.25, -0.2) is 9.59 Å². The van der Waals surface area contributed by atoms with Gasteiger partial charge in [0.25, 0.3) is 0 Å². The molecule has 0 aliphatic heterocycles. The third-order valence-electron chi connectivity index (χ3n) is 3.93. The van der Waals surface area contributed by atoms with Crippen molar-refractivity contribution in [3.63, 3.8) is 0 Å². The van der Waals surface area contributed by atoms with Crippen LogP contribution in [0, 0.1) is 0 Å². The number of esters is 1.